The van der Waals surface area contributed by atoms with Crippen molar-refractivity contribution in [2.24, 2.45) is 5.10 Å². The molecule has 0 unspecified atom stereocenters. The van der Waals surface area contributed by atoms with Gasteiger partial charge in [0.05, 0.1) is 11.3 Å². The van der Waals surface area contributed by atoms with Crippen molar-refractivity contribution in [1.29, 1.82) is 0 Å². The lowest BCUT2D eigenvalue weighted by Gasteiger charge is -2.13. The van der Waals surface area contributed by atoms with Crippen molar-refractivity contribution in [3.8, 4) is 0 Å². The van der Waals surface area contributed by atoms with E-state index in [9.17, 15) is 14.4 Å². The van der Waals surface area contributed by atoms with E-state index in [2.05, 4.69) is 47.3 Å². The van der Waals surface area contributed by atoms with E-state index >= 15 is 0 Å². The standard InChI is InChI=1S/C22H19BrN6O4/c1-12-18-16(26-27-21(31)14-9-15(23)11-25-10-14)3-2-4-17(18)33-19(12)22(32)29-28-20(30)13-5-7-24-8-6-13/h5-11H,2-4H2,1H3,(H,27,31)(H,28,30)(H,29,32)/b26-16+. The Morgan fingerprint density at radius 1 is 1.00 bits per heavy atom. The van der Waals surface area contributed by atoms with E-state index in [1.807, 2.05) is 0 Å². The Morgan fingerprint density at radius 3 is 2.52 bits per heavy atom. The van der Waals surface area contributed by atoms with E-state index in [0.29, 0.717) is 51.0 Å². The summed E-state index contributed by atoms with van der Waals surface area (Å²) in [6.45, 7) is 1.74. The van der Waals surface area contributed by atoms with Crippen LogP contribution in [0, 0.1) is 6.92 Å². The molecule has 0 radical (unpaired) electrons. The van der Waals surface area contributed by atoms with Crippen molar-refractivity contribution >= 4 is 39.4 Å². The number of aryl methyl sites for hydroxylation is 1. The Morgan fingerprint density at radius 2 is 1.76 bits per heavy atom. The highest BCUT2D eigenvalue weighted by Gasteiger charge is 2.28. The summed E-state index contributed by atoms with van der Waals surface area (Å²) in [5.74, 6) is -0.783. The van der Waals surface area contributed by atoms with E-state index < -0.39 is 17.7 Å². The molecule has 0 spiro atoms. The van der Waals surface area contributed by atoms with Gasteiger partial charge in [0.2, 0.25) is 0 Å². The number of rotatable bonds is 4. The molecular formula is C22H19BrN6O4. The van der Waals surface area contributed by atoms with E-state index in [-0.39, 0.29) is 5.76 Å². The molecule has 3 aromatic rings. The molecule has 1 aliphatic carbocycles. The maximum absolute atomic E-state index is 12.7. The summed E-state index contributed by atoms with van der Waals surface area (Å²) in [6.07, 6.45) is 7.99. The number of carbonyl (C=O) groups is 3. The Bertz CT molecular complexity index is 1260. The lowest BCUT2D eigenvalue weighted by atomic mass is 9.93. The van der Waals surface area contributed by atoms with Crippen LogP contribution in [0.25, 0.3) is 0 Å². The smallest absolute Gasteiger partial charge is 0.305 e. The van der Waals surface area contributed by atoms with E-state index in [4.69, 9.17) is 4.42 Å². The number of hydrogen-bond acceptors (Lipinski definition) is 7. The Kier molecular flexibility index (Phi) is 6.59. The van der Waals surface area contributed by atoms with Crippen molar-refractivity contribution in [2.75, 3.05) is 0 Å². The summed E-state index contributed by atoms with van der Waals surface area (Å²) in [5, 5.41) is 4.28. The highest BCUT2D eigenvalue weighted by atomic mass is 79.9. The number of hydrazine groups is 1. The van der Waals surface area contributed by atoms with Gasteiger partial charge in [-0.3, -0.25) is 35.2 Å². The third kappa shape index (κ3) is 4.98. The van der Waals surface area contributed by atoms with Gasteiger partial charge in [-0.2, -0.15) is 5.10 Å². The predicted molar refractivity (Wildman–Crippen MR) is 121 cm³/mol. The van der Waals surface area contributed by atoms with Crippen LogP contribution in [-0.2, 0) is 6.42 Å². The normalized spacial score (nSPS) is 13.8. The van der Waals surface area contributed by atoms with Gasteiger partial charge in [-0.25, -0.2) is 5.43 Å². The zero-order chi connectivity index (χ0) is 23.4. The first-order valence-electron chi connectivity index (χ1n) is 10.0. The average molecular weight is 511 g/mol. The molecule has 0 bridgehead atoms. The summed E-state index contributed by atoms with van der Waals surface area (Å²) < 4.78 is 6.47. The van der Waals surface area contributed by atoms with Crippen molar-refractivity contribution in [3.63, 3.8) is 0 Å². The molecule has 11 heteroatoms. The van der Waals surface area contributed by atoms with E-state index in [1.54, 1.807) is 19.2 Å². The van der Waals surface area contributed by atoms with Crippen molar-refractivity contribution in [3.05, 3.63) is 81.2 Å². The molecule has 3 amide bonds. The van der Waals surface area contributed by atoms with Gasteiger partial charge in [-0.15, -0.1) is 0 Å². The highest BCUT2D eigenvalue weighted by molar-refractivity contribution is 9.10. The van der Waals surface area contributed by atoms with Crippen LogP contribution >= 0.6 is 15.9 Å². The molecule has 4 rings (SSSR count). The van der Waals surface area contributed by atoms with Gasteiger partial charge in [-0.1, -0.05) is 0 Å². The van der Waals surface area contributed by atoms with Gasteiger partial charge in [-0.05, 0) is 53.9 Å². The zero-order valence-electron chi connectivity index (χ0n) is 17.5. The lowest BCUT2D eigenvalue weighted by molar-refractivity contribution is 0.0829. The van der Waals surface area contributed by atoms with Crippen LogP contribution in [0.2, 0.25) is 0 Å². The minimum absolute atomic E-state index is 0.0761. The Hall–Kier alpha value is -3.86. The number of nitrogens with zero attached hydrogens (tertiary/aromatic N) is 3. The number of pyridine rings is 2. The molecule has 10 nitrogen and oxygen atoms in total. The number of halogens is 1. The number of hydrazone groups is 1. The molecule has 0 fully saturated rings. The predicted octanol–water partition coefficient (Wildman–Crippen LogP) is 2.69. The first-order valence-corrected chi connectivity index (χ1v) is 10.8. The highest BCUT2D eigenvalue weighted by Crippen LogP contribution is 2.29. The Balaban J connectivity index is 1.49. The van der Waals surface area contributed by atoms with Crippen LogP contribution < -0.4 is 16.3 Å². The molecule has 0 aromatic carbocycles. The van der Waals surface area contributed by atoms with Gasteiger partial charge in [0.15, 0.2) is 5.76 Å². The van der Waals surface area contributed by atoms with Crippen LogP contribution in [0.5, 0.6) is 0 Å². The van der Waals surface area contributed by atoms with Crippen molar-refractivity contribution in [1.82, 2.24) is 26.2 Å². The number of carbonyl (C=O) groups excluding carboxylic acids is 3. The van der Waals surface area contributed by atoms with Gasteiger partial charge in [0.25, 0.3) is 11.8 Å². The van der Waals surface area contributed by atoms with Gasteiger partial charge in [0.1, 0.15) is 5.76 Å². The molecule has 3 N–H and O–H groups in total. The van der Waals surface area contributed by atoms with Crippen molar-refractivity contribution < 1.29 is 18.8 Å². The van der Waals surface area contributed by atoms with E-state index in [1.165, 1.54) is 30.7 Å². The lowest BCUT2D eigenvalue weighted by Crippen LogP contribution is -2.41. The number of furan rings is 1. The first-order chi connectivity index (χ1) is 15.9. The SMILES string of the molecule is Cc1c(C(=O)NNC(=O)c2ccncc2)oc2c1/C(=N/NC(=O)c1cncc(Br)c1)CCC2. The summed E-state index contributed by atoms with van der Waals surface area (Å²) in [4.78, 5) is 45.0. The van der Waals surface area contributed by atoms with Gasteiger partial charge >= 0.3 is 5.91 Å². The average Bonchev–Trinajstić information content (AvgIpc) is 3.18. The fourth-order valence-corrected chi connectivity index (χ4v) is 3.83. The van der Waals surface area contributed by atoms with Gasteiger partial charge in [0, 0.05) is 52.4 Å². The molecule has 168 valence electrons. The molecule has 0 aliphatic heterocycles. The molecule has 3 aromatic heterocycles. The molecule has 0 saturated carbocycles. The molecule has 3 heterocycles. The minimum Gasteiger partial charge on any atom is -0.455 e. The minimum atomic E-state index is -0.590. The molecule has 33 heavy (non-hydrogen) atoms. The maximum Gasteiger partial charge on any atom is 0.305 e. The van der Waals surface area contributed by atoms with Crippen LogP contribution in [0.15, 0.2) is 57.0 Å². The van der Waals surface area contributed by atoms with Crippen LogP contribution in [-0.4, -0.2) is 33.4 Å². The molecule has 0 atom stereocenters. The second-order valence-corrected chi connectivity index (χ2v) is 8.16. The first kappa shape index (κ1) is 22.3. The number of hydrogen-bond donors (Lipinski definition) is 3. The largest absolute Gasteiger partial charge is 0.455 e. The number of fused-ring (bicyclic) bond motifs is 1. The van der Waals surface area contributed by atoms with Crippen LogP contribution in [0.3, 0.4) is 0 Å². The molecule has 1 aliphatic rings. The van der Waals surface area contributed by atoms with E-state index in [0.717, 1.165) is 6.42 Å². The fraction of sp³-hybridized carbons (Fsp3) is 0.182. The second kappa shape index (κ2) is 9.74. The summed E-state index contributed by atoms with van der Waals surface area (Å²) >= 11 is 3.28. The Labute approximate surface area is 197 Å². The summed E-state index contributed by atoms with van der Waals surface area (Å²) in [5.41, 5.74) is 9.87. The van der Waals surface area contributed by atoms with Crippen LogP contribution in [0.4, 0.5) is 0 Å². The second-order valence-electron chi connectivity index (χ2n) is 7.24. The number of amides is 3. The maximum atomic E-state index is 12.7. The number of aromatic nitrogens is 2. The van der Waals surface area contributed by atoms with Crippen LogP contribution in [0.1, 0.15) is 61.0 Å². The monoisotopic (exact) mass is 510 g/mol. The van der Waals surface area contributed by atoms with Gasteiger partial charge < -0.3 is 4.42 Å². The zero-order valence-corrected chi connectivity index (χ0v) is 19.1. The summed E-state index contributed by atoms with van der Waals surface area (Å²) in [7, 11) is 0. The quantitative estimate of drug-likeness (QED) is 0.461. The topological polar surface area (TPSA) is 139 Å². The molecular weight excluding hydrogens is 492 g/mol. The molecule has 0 saturated heterocycles. The third-order valence-electron chi connectivity index (χ3n) is 5.02. The third-order valence-corrected chi connectivity index (χ3v) is 5.46. The summed E-state index contributed by atoms with van der Waals surface area (Å²) in [6, 6.07) is 4.69. The number of nitrogens with one attached hydrogen (secondary N) is 3. The van der Waals surface area contributed by atoms with Crippen molar-refractivity contribution in [2.45, 2.75) is 26.2 Å². The fourth-order valence-electron chi connectivity index (χ4n) is 3.46.